The fraction of sp³-hybridized carbons (Fsp3) is 1.00. The molecule has 0 aliphatic rings. The fourth-order valence-corrected chi connectivity index (χ4v) is 0. The van der Waals surface area contributed by atoms with Gasteiger partial charge in [-0.25, -0.2) is 0 Å². The van der Waals surface area contributed by atoms with E-state index in [0.717, 1.165) is 0 Å². The molecule has 32 valence electrons. The first kappa shape index (κ1) is 42.4. The molecule has 0 saturated carbocycles. The average molecular weight is 245 g/mol. The van der Waals surface area contributed by atoms with E-state index in [1.54, 1.807) is 0 Å². The average Bonchev–Trinajstić information content (AvgIpc) is 1.00. The van der Waals surface area contributed by atoms with Gasteiger partial charge in [-0.1, -0.05) is 0 Å². The predicted octanol–water partition coefficient (Wildman–Crippen LogP) is 0.0509. The zero-order valence-corrected chi connectivity index (χ0v) is 6.43. The first-order chi connectivity index (χ1) is 1.00. The van der Waals surface area contributed by atoms with Gasteiger partial charge in [-0.05, 0) is 0 Å². The van der Waals surface area contributed by atoms with Crippen LogP contribution < -0.4 is 0 Å². The first-order valence-electron chi connectivity index (χ1n) is 0.500. The van der Waals surface area contributed by atoms with Crippen molar-refractivity contribution >= 4 is 0 Å². The maximum atomic E-state index is 2.14. The Hall–Kier alpha value is 0.750. The third kappa shape index (κ3) is 63.8. The summed E-state index contributed by atoms with van der Waals surface area (Å²) in [6, 6.07) is 0. The molecule has 0 atom stereocenters. The zero-order valence-electron chi connectivity index (χ0n) is 2.84. The molecule has 0 radical (unpaired) electrons. The quantitative estimate of drug-likeness (QED) is 0.564. The normalized spacial score (nSPS) is 1.40. The Bertz CT molecular complexity index is 6.85. The van der Waals surface area contributed by atoms with Gasteiger partial charge in [-0.15, -0.1) is 0 Å². The van der Waals surface area contributed by atoms with E-state index < -0.39 is 0 Å². The maximum absolute atomic E-state index is 2.14. The largest absolute Gasteiger partial charge is 0.870 e. The molecule has 0 fully saturated rings. The molecule has 0 aliphatic carbocycles. The first-order valence-corrected chi connectivity index (χ1v) is 4.09. The van der Waals surface area contributed by atoms with Gasteiger partial charge in [-0.2, -0.15) is 0 Å². The molecule has 0 aromatic heterocycles. The summed E-state index contributed by atoms with van der Waals surface area (Å²) in [5.74, 6) is 0. The van der Waals surface area contributed by atoms with Crippen molar-refractivity contribution in [3.63, 3.8) is 0 Å². The van der Waals surface area contributed by atoms with Crippen molar-refractivity contribution in [3.8, 4) is 0 Å². The van der Waals surface area contributed by atoms with E-state index in [1.807, 2.05) is 0 Å². The molecule has 4 heteroatoms. The van der Waals surface area contributed by atoms with Crippen molar-refractivity contribution in [1.29, 1.82) is 0 Å². The minimum Gasteiger partial charge on any atom is -0.870 e. The fourth-order valence-electron chi connectivity index (χ4n) is 0. The summed E-state index contributed by atoms with van der Waals surface area (Å²) in [7, 11) is 0. The topological polar surface area (TPSA) is 90.0 Å². The van der Waals surface area contributed by atoms with Gasteiger partial charge < -0.3 is 16.4 Å². The van der Waals surface area contributed by atoms with Crippen molar-refractivity contribution < 1.29 is 40.8 Å². The van der Waals surface area contributed by atoms with Gasteiger partial charge >= 0.3 is 29.1 Å². The van der Waals surface area contributed by atoms with Crippen LogP contribution in [0, 0.1) is 0 Å². The Labute approximate surface area is 45.9 Å². The Morgan fingerprint density at radius 2 is 0.800 bits per heavy atom. The second kappa shape index (κ2) is 119. The van der Waals surface area contributed by atoms with Crippen LogP contribution in [0.3, 0.4) is 0 Å². The molecule has 3 nitrogen and oxygen atoms in total. The summed E-state index contributed by atoms with van der Waals surface area (Å²) in [6.07, 6.45) is 0. The van der Waals surface area contributed by atoms with Gasteiger partial charge in [0.25, 0.3) is 0 Å². The summed E-state index contributed by atoms with van der Waals surface area (Å²) < 4.78 is 2.14. The molecule has 3 N–H and O–H groups in total. The molecular formula is CH6HfO3. The molecule has 0 bridgehead atoms. The molecule has 0 aromatic carbocycles. The maximum Gasteiger partial charge on any atom is -0.870 e. The Kier molecular flexibility index (Phi) is 1010. The summed E-state index contributed by atoms with van der Waals surface area (Å²) in [5.41, 5.74) is 0. The second-order valence-corrected chi connectivity index (χ2v) is 0. The summed E-state index contributed by atoms with van der Waals surface area (Å²) in [5, 5.41) is 0. The molecule has 0 saturated heterocycles. The molecule has 0 unspecified atom stereocenters. The van der Waals surface area contributed by atoms with Crippen LogP contribution >= 0.6 is 0 Å². The van der Waals surface area contributed by atoms with Crippen molar-refractivity contribution in [3.05, 3.63) is 0 Å². The zero-order chi connectivity index (χ0) is 2.00. The predicted molar refractivity (Wildman–Crippen MR) is 11.7 cm³/mol. The van der Waals surface area contributed by atoms with Crippen molar-refractivity contribution in [2.45, 2.75) is 4.68 Å². The minimum absolute atomic E-state index is 0. The monoisotopic (exact) mass is 246 g/mol. The van der Waals surface area contributed by atoms with Crippen molar-refractivity contribution in [2.75, 3.05) is 0 Å². The molecular weight excluding hydrogens is 238 g/mol. The van der Waals surface area contributed by atoms with Gasteiger partial charge in [0.05, 0.1) is 0 Å². The van der Waals surface area contributed by atoms with Gasteiger partial charge in [0.2, 0.25) is 0 Å². The number of hydrogen-bond acceptors (Lipinski definition) is 3. The van der Waals surface area contributed by atoms with Crippen molar-refractivity contribution in [2.24, 2.45) is 0 Å². The van der Waals surface area contributed by atoms with Gasteiger partial charge in [-0.3, -0.25) is 0 Å². The van der Waals surface area contributed by atoms with Crippen LogP contribution in [0.2, 0.25) is 4.68 Å². The SMILES string of the molecule is [CH3][Hf+3].[OH-].[OH-].[OH-]. The van der Waals surface area contributed by atoms with E-state index >= 15 is 0 Å². The van der Waals surface area contributed by atoms with Crippen LogP contribution in [0.25, 0.3) is 0 Å². The van der Waals surface area contributed by atoms with E-state index in [9.17, 15) is 0 Å². The van der Waals surface area contributed by atoms with Crippen LogP contribution in [0.5, 0.6) is 0 Å². The second-order valence-electron chi connectivity index (χ2n) is 0. The minimum atomic E-state index is 0. The van der Waals surface area contributed by atoms with Crippen LogP contribution in [0.4, 0.5) is 0 Å². The third-order valence-electron chi connectivity index (χ3n) is 0. The van der Waals surface area contributed by atoms with E-state index in [0.29, 0.717) is 0 Å². The molecule has 0 aromatic rings. The molecule has 0 spiro atoms. The molecule has 0 amide bonds. The van der Waals surface area contributed by atoms with Gasteiger partial charge in [0.1, 0.15) is 0 Å². The van der Waals surface area contributed by atoms with Crippen molar-refractivity contribution in [1.82, 2.24) is 0 Å². The van der Waals surface area contributed by atoms with Crippen LogP contribution in [-0.4, -0.2) is 16.4 Å². The molecule has 0 rings (SSSR count). The number of hydrogen-bond donors (Lipinski definition) is 0. The summed E-state index contributed by atoms with van der Waals surface area (Å²) >= 11 is 1.31. The molecule has 0 aliphatic heterocycles. The van der Waals surface area contributed by atoms with Crippen LogP contribution in [0.1, 0.15) is 0 Å². The molecule has 5 heavy (non-hydrogen) atoms. The van der Waals surface area contributed by atoms with Crippen LogP contribution in [0.15, 0.2) is 0 Å². The Morgan fingerprint density at radius 3 is 0.800 bits per heavy atom. The van der Waals surface area contributed by atoms with Gasteiger partial charge in [0, 0.05) is 0 Å². The molecule has 0 heterocycles. The van der Waals surface area contributed by atoms with Crippen LogP contribution in [-0.2, 0) is 24.4 Å². The van der Waals surface area contributed by atoms with E-state index in [1.165, 1.54) is 24.4 Å². The third-order valence-corrected chi connectivity index (χ3v) is 0. The van der Waals surface area contributed by atoms with E-state index in [-0.39, 0.29) is 16.4 Å². The van der Waals surface area contributed by atoms with Gasteiger partial charge in [0.15, 0.2) is 0 Å². The summed E-state index contributed by atoms with van der Waals surface area (Å²) in [6.45, 7) is 0. The van der Waals surface area contributed by atoms with E-state index in [2.05, 4.69) is 4.68 Å². The Balaban J connectivity index is -0.00000000167. The number of rotatable bonds is 0. The Morgan fingerprint density at radius 1 is 0.800 bits per heavy atom. The standard InChI is InChI=1S/CH3.Hf.3H2O/h1H3;;3*1H2/q;+3;;;/p-3. The van der Waals surface area contributed by atoms with E-state index in [4.69, 9.17) is 0 Å². The smallest absolute Gasteiger partial charge is 0.870 e. The summed E-state index contributed by atoms with van der Waals surface area (Å²) in [4.78, 5) is 0.